The van der Waals surface area contributed by atoms with Gasteiger partial charge in [-0.2, -0.15) is 4.99 Å². The number of hydrogen-bond acceptors (Lipinski definition) is 6. The molecule has 1 amide bonds. The zero-order valence-electron chi connectivity index (χ0n) is 16.0. The molecule has 7 nitrogen and oxygen atoms in total. The van der Waals surface area contributed by atoms with Crippen LogP contribution in [-0.2, 0) is 30.7 Å². The summed E-state index contributed by atoms with van der Waals surface area (Å²) in [6.45, 7) is -0.267. The van der Waals surface area contributed by atoms with Crippen LogP contribution in [0, 0.1) is 5.82 Å². The second kappa shape index (κ2) is 9.47. The molecule has 0 aliphatic carbocycles. The highest BCUT2D eigenvalue weighted by Gasteiger charge is 2.18. The molecule has 0 saturated carbocycles. The molecule has 2 aromatic carbocycles. The van der Waals surface area contributed by atoms with Crippen molar-refractivity contribution in [1.82, 2.24) is 4.57 Å². The van der Waals surface area contributed by atoms with Crippen molar-refractivity contribution in [3.8, 4) is 0 Å². The van der Waals surface area contributed by atoms with Crippen LogP contribution in [0.25, 0.3) is 10.2 Å². The van der Waals surface area contributed by atoms with Crippen LogP contribution < -0.4 is 4.80 Å². The van der Waals surface area contributed by atoms with Crippen LogP contribution in [0.2, 0.25) is 10.0 Å². The maximum absolute atomic E-state index is 13.0. The lowest BCUT2D eigenvalue weighted by molar-refractivity contribution is -0.141. The topological polar surface area (TPSA) is 94.8 Å². The summed E-state index contributed by atoms with van der Waals surface area (Å²) in [5.41, 5.74) is 0.412. The monoisotopic (exact) mass is 504 g/mol. The zero-order valence-corrected chi connectivity index (χ0v) is 19.1. The van der Waals surface area contributed by atoms with Crippen LogP contribution in [0.15, 0.2) is 46.3 Å². The van der Waals surface area contributed by atoms with Crippen LogP contribution in [-0.4, -0.2) is 37.7 Å². The van der Waals surface area contributed by atoms with Crippen molar-refractivity contribution in [2.45, 2.75) is 17.9 Å². The minimum Gasteiger partial charge on any atom is -0.468 e. The van der Waals surface area contributed by atoms with Crippen LogP contribution in [0.5, 0.6) is 0 Å². The normalized spacial score (nSPS) is 12.3. The number of esters is 1. The van der Waals surface area contributed by atoms with Gasteiger partial charge in [0, 0.05) is 6.42 Å². The van der Waals surface area contributed by atoms with Crippen LogP contribution in [0.1, 0.15) is 6.42 Å². The highest BCUT2D eigenvalue weighted by molar-refractivity contribution is 7.91. The van der Waals surface area contributed by atoms with Gasteiger partial charge in [0.2, 0.25) is 5.91 Å². The Bertz CT molecular complexity index is 1330. The summed E-state index contributed by atoms with van der Waals surface area (Å²) >= 11 is 13.4. The van der Waals surface area contributed by atoms with Crippen molar-refractivity contribution >= 4 is 66.5 Å². The molecule has 0 aliphatic heterocycles. The lowest BCUT2D eigenvalue weighted by Gasteiger charge is -2.06. The van der Waals surface area contributed by atoms with E-state index in [1.54, 1.807) is 12.1 Å². The molecule has 0 unspecified atom stereocenters. The largest absolute Gasteiger partial charge is 0.468 e. The average Bonchev–Trinajstić information content (AvgIpc) is 3.07. The number of carbonyl (C=O) groups is 2. The summed E-state index contributed by atoms with van der Waals surface area (Å²) in [5, 5.41) is 0.445. The molecule has 31 heavy (non-hydrogen) atoms. The summed E-state index contributed by atoms with van der Waals surface area (Å²) in [7, 11) is -2.58. The molecule has 0 atom stereocenters. The first-order valence-electron chi connectivity index (χ1n) is 8.72. The maximum atomic E-state index is 13.0. The molecule has 164 valence electrons. The van der Waals surface area contributed by atoms with Gasteiger partial charge >= 0.3 is 5.97 Å². The van der Waals surface area contributed by atoms with Gasteiger partial charge in [0.25, 0.3) is 0 Å². The molecule has 0 aliphatic rings. The molecule has 3 aromatic rings. The highest BCUT2D eigenvalue weighted by atomic mass is 35.5. The van der Waals surface area contributed by atoms with E-state index >= 15 is 0 Å². The van der Waals surface area contributed by atoms with E-state index < -0.39 is 39.7 Å². The van der Waals surface area contributed by atoms with E-state index in [0.29, 0.717) is 10.2 Å². The predicted octanol–water partition coefficient (Wildman–Crippen LogP) is 3.61. The number of halogens is 3. The van der Waals surface area contributed by atoms with Crippen molar-refractivity contribution in [1.29, 1.82) is 0 Å². The first-order chi connectivity index (χ1) is 14.6. The van der Waals surface area contributed by atoms with Crippen molar-refractivity contribution in [3.05, 3.63) is 57.1 Å². The average molecular weight is 505 g/mol. The van der Waals surface area contributed by atoms with Gasteiger partial charge in [0.1, 0.15) is 12.4 Å². The van der Waals surface area contributed by atoms with Crippen molar-refractivity contribution in [2.24, 2.45) is 4.99 Å². The van der Waals surface area contributed by atoms with Gasteiger partial charge < -0.3 is 9.30 Å². The summed E-state index contributed by atoms with van der Waals surface area (Å²) in [4.78, 5) is 28.3. The van der Waals surface area contributed by atoms with Gasteiger partial charge in [-0.25, -0.2) is 12.8 Å². The number of nitrogens with zero attached hydrogens (tertiary/aromatic N) is 2. The van der Waals surface area contributed by atoms with Crippen molar-refractivity contribution in [2.75, 3.05) is 12.9 Å². The smallest absolute Gasteiger partial charge is 0.325 e. The number of ether oxygens (including phenoxy) is 1. The lowest BCUT2D eigenvalue weighted by Crippen LogP contribution is -2.23. The molecule has 1 aromatic heterocycles. The number of thiazole rings is 1. The lowest BCUT2D eigenvalue weighted by atomic mass is 10.3. The Balaban J connectivity index is 1.93. The second-order valence-corrected chi connectivity index (χ2v) is 10.2. The predicted molar refractivity (Wildman–Crippen MR) is 115 cm³/mol. The quantitative estimate of drug-likeness (QED) is 0.377. The Labute approximate surface area is 190 Å². The first kappa shape index (κ1) is 23.4. The first-order valence-corrected chi connectivity index (χ1v) is 11.9. The third-order valence-corrected chi connectivity index (χ3v) is 7.80. The molecular formula is C19H15Cl2FN2O5S2. The fraction of sp³-hybridized carbons (Fsp3) is 0.211. The van der Waals surface area contributed by atoms with Crippen molar-refractivity contribution < 1.29 is 27.1 Å². The number of carbonyl (C=O) groups excluding carboxylic acids is 2. The van der Waals surface area contributed by atoms with Crippen molar-refractivity contribution in [3.63, 3.8) is 0 Å². The fourth-order valence-electron chi connectivity index (χ4n) is 2.67. The Morgan fingerprint density at radius 1 is 1.16 bits per heavy atom. The molecule has 0 saturated heterocycles. The van der Waals surface area contributed by atoms with E-state index in [1.165, 1.54) is 11.7 Å². The number of fused-ring (bicyclic) bond motifs is 1. The second-order valence-electron chi connectivity index (χ2n) is 6.28. The number of rotatable bonds is 6. The Morgan fingerprint density at radius 3 is 2.48 bits per heavy atom. The standard InChI is InChI=1S/C19H15Cl2FN2O5S2/c1-29-16(26)10-24-18-14(7-6-13(20)17(18)21)30-19(24)23-15(25)8-9-31(27,28)12-4-2-11(22)3-5-12/h2-7H,8-10H2,1H3. The summed E-state index contributed by atoms with van der Waals surface area (Å²) in [6.07, 6.45) is -0.402. The highest BCUT2D eigenvalue weighted by Crippen LogP contribution is 2.32. The van der Waals surface area contributed by atoms with Gasteiger partial charge in [0.05, 0.1) is 38.0 Å². The maximum Gasteiger partial charge on any atom is 0.325 e. The fourth-order valence-corrected chi connectivity index (χ4v) is 5.43. The summed E-state index contributed by atoms with van der Waals surface area (Å²) < 4.78 is 44.4. The number of methoxy groups -OCH3 is 1. The van der Waals surface area contributed by atoms with E-state index in [0.717, 1.165) is 35.6 Å². The van der Waals surface area contributed by atoms with Gasteiger partial charge in [-0.3, -0.25) is 9.59 Å². The van der Waals surface area contributed by atoms with Crippen LogP contribution in [0.3, 0.4) is 0 Å². The van der Waals surface area contributed by atoms with Gasteiger partial charge in [-0.1, -0.05) is 34.5 Å². The van der Waals surface area contributed by atoms with E-state index in [2.05, 4.69) is 9.73 Å². The molecule has 0 N–H and O–H groups in total. The van der Waals surface area contributed by atoms with E-state index in [4.69, 9.17) is 23.2 Å². The van der Waals surface area contributed by atoms with E-state index in [1.807, 2.05) is 0 Å². The third kappa shape index (κ3) is 5.32. The number of benzene rings is 2. The molecular weight excluding hydrogens is 490 g/mol. The number of sulfone groups is 1. The minimum absolute atomic E-state index is 0.0919. The minimum atomic E-state index is -3.80. The molecule has 3 rings (SSSR count). The van der Waals surface area contributed by atoms with Crippen LogP contribution >= 0.6 is 34.5 Å². The molecule has 1 heterocycles. The molecule has 0 radical (unpaired) electrons. The SMILES string of the molecule is COC(=O)Cn1c(=NC(=O)CCS(=O)(=O)c2ccc(F)cc2)sc2ccc(Cl)c(Cl)c21. The Kier molecular flexibility index (Phi) is 7.15. The van der Waals surface area contributed by atoms with E-state index in [9.17, 15) is 22.4 Å². The molecule has 12 heteroatoms. The van der Waals surface area contributed by atoms with E-state index in [-0.39, 0.29) is 26.3 Å². The van der Waals surface area contributed by atoms with Gasteiger partial charge in [-0.15, -0.1) is 0 Å². The number of hydrogen-bond donors (Lipinski definition) is 0. The van der Waals surface area contributed by atoms with Crippen LogP contribution in [0.4, 0.5) is 4.39 Å². The van der Waals surface area contributed by atoms with Gasteiger partial charge in [-0.05, 0) is 36.4 Å². The molecule has 0 bridgehead atoms. The number of aromatic nitrogens is 1. The number of amides is 1. The van der Waals surface area contributed by atoms with Gasteiger partial charge in [0.15, 0.2) is 14.6 Å². The summed E-state index contributed by atoms with van der Waals surface area (Å²) in [6, 6.07) is 7.57. The Hall–Kier alpha value is -2.27. The molecule has 0 spiro atoms. The summed E-state index contributed by atoms with van der Waals surface area (Å²) in [5.74, 6) is -2.37. The Morgan fingerprint density at radius 2 is 1.84 bits per heavy atom. The third-order valence-electron chi connectivity index (χ3n) is 4.23. The molecule has 0 fully saturated rings. The zero-order chi connectivity index (χ0) is 22.8.